The summed E-state index contributed by atoms with van der Waals surface area (Å²) in [5, 5.41) is 0. The van der Waals surface area contributed by atoms with Crippen molar-refractivity contribution in [2.75, 3.05) is 23.8 Å². The number of anilines is 1. The molecule has 21 heavy (non-hydrogen) atoms. The molecule has 1 heterocycles. The zero-order valence-corrected chi connectivity index (χ0v) is 14.5. The van der Waals surface area contributed by atoms with Gasteiger partial charge in [0.05, 0.1) is 4.90 Å². The van der Waals surface area contributed by atoms with Gasteiger partial charge in [0.1, 0.15) is 0 Å². The van der Waals surface area contributed by atoms with Gasteiger partial charge in [-0.15, -0.1) is 0 Å². The molecule has 6 heteroatoms. The van der Waals surface area contributed by atoms with E-state index in [9.17, 15) is 8.42 Å². The van der Waals surface area contributed by atoms with Crippen LogP contribution in [-0.4, -0.2) is 26.5 Å². The summed E-state index contributed by atoms with van der Waals surface area (Å²) in [6, 6.07) is 1.84. The first-order valence-corrected chi connectivity index (χ1v) is 9.90. The molecule has 0 unspecified atom stereocenters. The van der Waals surface area contributed by atoms with E-state index in [0.717, 1.165) is 35.5 Å². The van der Waals surface area contributed by atoms with Gasteiger partial charge in [-0.2, -0.15) is 11.8 Å². The molecule has 3 N–H and O–H groups in total. The average Bonchev–Trinajstić information content (AvgIpc) is 2.44. The van der Waals surface area contributed by atoms with E-state index >= 15 is 0 Å². The molecule has 4 nitrogen and oxygen atoms in total. The molecule has 1 fully saturated rings. The Labute approximate surface area is 131 Å². The van der Waals surface area contributed by atoms with E-state index in [1.807, 2.05) is 31.7 Å². The SMILES string of the molecule is Cc1cc(C)c(S(=O)(=O)NCC2CCSCC2)c(C)c1N. The molecule has 1 aromatic carbocycles. The molecule has 1 aliphatic rings. The fraction of sp³-hybridized carbons (Fsp3) is 0.600. The van der Waals surface area contributed by atoms with Gasteiger partial charge in [0, 0.05) is 12.2 Å². The van der Waals surface area contributed by atoms with Crippen LogP contribution in [0.4, 0.5) is 5.69 Å². The van der Waals surface area contributed by atoms with Gasteiger partial charge < -0.3 is 5.73 Å². The van der Waals surface area contributed by atoms with Crippen LogP contribution in [0.15, 0.2) is 11.0 Å². The number of nitrogens with two attached hydrogens (primary N) is 1. The van der Waals surface area contributed by atoms with E-state index < -0.39 is 10.0 Å². The van der Waals surface area contributed by atoms with Gasteiger partial charge >= 0.3 is 0 Å². The standard InChI is InChI=1S/C15H24N2O2S2/c1-10-8-11(2)15(12(3)14(10)16)21(18,19)17-9-13-4-6-20-7-5-13/h8,13,17H,4-7,9,16H2,1-3H3. The second-order valence-corrected chi connectivity index (χ2v) is 8.71. The van der Waals surface area contributed by atoms with Gasteiger partial charge in [0.15, 0.2) is 0 Å². The van der Waals surface area contributed by atoms with Gasteiger partial charge in [0.25, 0.3) is 0 Å². The van der Waals surface area contributed by atoms with Gasteiger partial charge in [-0.05, 0) is 67.7 Å². The molecule has 118 valence electrons. The van der Waals surface area contributed by atoms with Crippen molar-refractivity contribution in [1.29, 1.82) is 0 Å². The first-order chi connectivity index (χ1) is 9.83. The van der Waals surface area contributed by atoms with Crippen molar-refractivity contribution in [2.45, 2.75) is 38.5 Å². The molecule has 0 aromatic heterocycles. The molecule has 1 aliphatic heterocycles. The lowest BCUT2D eigenvalue weighted by molar-refractivity contribution is 0.476. The highest BCUT2D eigenvalue weighted by molar-refractivity contribution is 7.99. The summed E-state index contributed by atoms with van der Waals surface area (Å²) in [4.78, 5) is 0.343. The number of thioether (sulfide) groups is 1. The molecule has 0 amide bonds. The Hall–Kier alpha value is -0.720. The van der Waals surface area contributed by atoms with Crippen LogP contribution in [0.1, 0.15) is 29.5 Å². The molecule has 0 atom stereocenters. The van der Waals surface area contributed by atoms with Crippen LogP contribution < -0.4 is 10.5 Å². The van der Waals surface area contributed by atoms with E-state index in [1.165, 1.54) is 0 Å². The van der Waals surface area contributed by atoms with E-state index in [0.29, 0.717) is 28.6 Å². The topological polar surface area (TPSA) is 72.2 Å². The predicted molar refractivity (Wildman–Crippen MR) is 90.3 cm³/mol. The number of hydrogen-bond donors (Lipinski definition) is 2. The molecule has 1 saturated heterocycles. The first kappa shape index (κ1) is 16.6. The van der Waals surface area contributed by atoms with Crippen molar-refractivity contribution < 1.29 is 8.42 Å². The van der Waals surface area contributed by atoms with Crippen LogP contribution in [0.5, 0.6) is 0 Å². The lowest BCUT2D eigenvalue weighted by Crippen LogP contribution is -2.32. The number of nitrogens with one attached hydrogen (secondary N) is 1. The van der Waals surface area contributed by atoms with E-state index in [-0.39, 0.29) is 0 Å². The Kier molecular flexibility index (Phi) is 5.22. The van der Waals surface area contributed by atoms with E-state index in [1.54, 1.807) is 6.92 Å². The van der Waals surface area contributed by atoms with Crippen LogP contribution in [0, 0.1) is 26.7 Å². The molecule has 2 rings (SSSR count). The van der Waals surface area contributed by atoms with Gasteiger partial charge in [-0.25, -0.2) is 13.1 Å². The zero-order valence-electron chi connectivity index (χ0n) is 12.9. The Morgan fingerprint density at radius 3 is 2.48 bits per heavy atom. The average molecular weight is 329 g/mol. The first-order valence-electron chi connectivity index (χ1n) is 7.26. The summed E-state index contributed by atoms with van der Waals surface area (Å²) < 4.78 is 28.0. The fourth-order valence-corrected chi connectivity index (χ4v) is 5.65. The highest BCUT2D eigenvalue weighted by atomic mass is 32.2. The van der Waals surface area contributed by atoms with E-state index in [4.69, 9.17) is 5.73 Å². The highest BCUT2D eigenvalue weighted by Crippen LogP contribution is 2.28. The summed E-state index contributed by atoms with van der Waals surface area (Å²) >= 11 is 1.94. The number of rotatable bonds is 4. The van der Waals surface area contributed by atoms with Gasteiger partial charge in [-0.1, -0.05) is 6.07 Å². The molecule has 0 spiro atoms. The van der Waals surface area contributed by atoms with Crippen molar-refractivity contribution >= 4 is 27.5 Å². The maximum atomic E-state index is 12.6. The smallest absolute Gasteiger partial charge is 0.241 e. The third-order valence-electron chi connectivity index (χ3n) is 4.13. The van der Waals surface area contributed by atoms with Crippen LogP contribution in [-0.2, 0) is 10.0 Å². The maximum Gasteiger partial charge on any atom is 0.241 e. The lowest BCUT2D eigenvalue weighted by atomic mass is 10.0. The molecule has 1 aromatic rings. The molecular formula is C15H24N2O2S2. The van der Waals surface area contributed by atoms with Crippen molar-refractivity contribution in [3.8, 4) is 0 Å². The minimum absolute atomic E-state index is 0.343. The Morgan fingerprint density at radius 2 is 1.86 bits per heavy atom. The van der Waals surface area contributed by atoms with Crippen molar-refractivity contribution in [2.24, 2.45) is 5.92 Å². The minimum atomic E-state index is -3.50. The predicted octanol–water partition coefficient (Wildman–Crippen LogP) is 2.62. The normalized spacial score (nSPS) is 17.1. The molecule has 0 bridgehead atoms. The molecule has 0 radical (unpaired) electrons. The summed E-state index contributed by atoms with van der Waals surface area (Å²) in [7, 11) is -3.50. The largest absolute Gasteiger partial charge is 0.398 e. The van der Waals surface area contributed by atoms with Crippen LogP contribution in [0.2, 0.25) is 0 Å². The summed E-state index contributed by atoms with van der Waals surface area (Å²) in [6.45, 7) is 6.03. The highest BCUT2D eigenvalue weighted by Gasteiger charge is 2.23. The lowest BCUT2D eigenvalue weighted by Gasteiger charge is -2.22. The maximum absolute atomic E-state index is 12.6. The van der Waals surface area contributed by atoms with Crippen LogP contribution >= 0.6 is 11.8 Å². The van der Waals surface area contributed by atoms with Crippen LogP contribution in [0.25, 0.3) is 0 Å². The Balaban J connectivity index is 2.21. The third-order valence-corrected chi connectivity index (χ3v) is 6.89. The molecular weight excluding hydrogens is 304 g/mol. The van der Waals surface area contributed by atoms with Crippen LogP contribution in [0.3, 0.4) is 0 Å². The van der Waals surface area contributed by atoms with Gasteiger partial charge in [0.2, 0.25) is 10.0 Å². The monoisotopic (exact) mass is 328 g/mol. The number of nitrogen functional groups attached to an aromatic ring is 1. The second kappa shape index (κ2) is 6.58. The third kappa shape index (κ3) is 3.73. The van der Waals surface area contributed by atoms with Crippen molar-refractivity contribution in [3.05, 3.63) is 22.8 Å². The number of benzene rings is 1. The number of aryl methyl sites for hydroxylation is 2. The van der Waals surface area contributed by atoms with Crippen molar-refractivity contribution in [3.63, 3.8) is 0 Å². The summed E-state index contributed by atoms with van der Waals surface area (Å²) in [6.07, 6.45) is 2.17. The van der Waals surface area contributed by atoms with E-state index in [2.05, 4.69) is 4.72 Å². The second-order valence-electron chi connectivity index (χ2n) is 5.79. The van der Waals surface area contributed by atoms with Crippen molar-refractivity contribution in [1.82, 2.24) is 4.72 Å². The fourth-order valence-electron chi connectivity index (χ4n) is 2.85. The quantitative estimate of drug-likeness (QED) is 0.833. The Bertz CT molecular complexity index is 621. The van der Waals surface area contributed by atoms with Gasteiger partial charge in [-0.3, -0.25) is 0 Å². The molecule has 0 aliphatic carbocycles. The zero-order chi connectivity index (χ0) is 15.6. The summed E-state index contributed by atoms with van der Waals surface area (Å²) in [5.41, 5.74) is 8.89. The minimum Gasteiger partial charge on any atom is -0.398 e. The number of sulfonamides is 1. The number of hydrogen-bond acceptors (Lipinski definition) is 4. The summed E-state index contributed by atoms with van der Waals surface area (Å²) in [5.74, 6) is 2.70. The molecule has 0 saturated carbocycles. The Morgan fingerprint density at radius 1 is 1.24 bits per heavy atom.